The van der Waals surface area contributed by atoms with Crippen LogP contribution >= 0.6 is 0 Å². The van der Waals surface area contributed by atoms with Crippen molar-refractivity contribution in [1.29, 1.82) is 0 Å². The number of aliphatic carboxylic acids is 2. The van der Waals surface area contributed by atoms with E-state index < -0.39 is 22.8 Å². The Balaban J connectivity index is 4.08. The lowest BCUT2D eigenvalue weighted by molar-refractivity contribution is -0.149. The smallest absolute Gasteiger partial charge is 0.309 e. The monoisotopic (exact) mass is 286 g/mol. The van der Waals surface area contributed by atoms with E-state index in [-0.39, 0.29) is 0 Å². The zero-order chi connectivity index (χ0) is 15.8. The molecule has 1 unspecified atom stereocenters. The molecule has 0 aromatic heterocycles. The summed E-state index contributed by atoms with van der Waals surface area (Å²) in [7, 11) is 0. The van der Waals surface area contributed by atoms with Crippen LogP contribution in [-0.4, -0.2) is 22.2 Å². The molecule has 0 aliphatic carbocycles. The standard InChI is InChI=1S/C16H30O4/c1-5-6-11-16(4,14(19)20)12-9-7-8-10-15(2,3)13(17)18/h5-12H2,1-4H3,(H,17,18)(H,19,20). The number of hydrogen-bond acceptors (Lipinski definition) is 2. The molecule has 0 aliphatic heterocycles. The predicted octanol–water partition coefficient (Wildman–Crippen LogP) is 4.33. The van der Waals surface area contributed by atoms with E-state index in [1.165, 1.54) is 0 Å². The maximum Gasteiger partial charge on any atom is 0.309 e. The molecular weight excluding hydrogens is 256 g/mol. The molecule has 0 aromatic carbocycles. The molecule has 0 aliphatic rings. The number of carbonyl (C=O) groups is 2. The summed E-state index contributed by atoms with van der Waals surface area (Å²) in [6.45, 7) is 7.36. The molecule has 0 amide bonds. The lowest BCUT2D eigenvalue weighted by atomic mass is 9.79. The van der Waals surface area contributed by atoms with Gasteiger partial charge in [0, 0.05) is 0 Å². The molecular formula is C16H30O4. The summed E-state index contributed by atoms with van der Waals surface area (Å²) in [6.07, 6.45) is 6.57. The Morgan fingerprint density at radius 3 is 1.75 bits per heavy atom. The van der Waals surface area contributed by atoms with Gasteiger partial charge in [-0.2, -0.15) is 0 Å². The summed E-state index contributed by atoms with van der Waals surface area (Å²) >= 11 is 0. The Hall–Kier alpha value is -1.06. The minimum absolute atomic E-state index is 0.627. The van der Waals surface area contributed by atoms with Crippen LogP contribution < -0.4 is 0 Å². The third-order valence-electron chi connectivity index (χ3n) is 4.21. The van der Waals surface area contributed by atoms with Gasteiger partial charge >= 0.3 is 11.9 Å². The molecule has 0 fully saturated rings. The van der Waals surface area contributed by atoms with Gasteiger partial charge in [-0.15, -0.1) is 0 Å². The van der Waals surface area contributed by atoms with E-state index in [0.29, 0.717) is 12.8 Å². The van der Waals surface area contributed by atoms with Crippen LogP contribution in [0.2, 0.25) is 0 Å². The Labute approximate surface area is 122 Å². The van der Waals surface area contributed by atoms with Crippen LogP contribution in [0.15, 0.2) is 0 Å². The molecule has 0 saturated heterocycles. The van der Waals surface area contributed by atoms with Crippen molar-refractivity contribution in [3.8, 4) is 0 Å². The van der Waals surface area contributed by atoms with E-state index in [2.05, 4.69) is 6.92 Å². The number of carboxylic acid groups (broad SMARTS) is 2. The van der Waals surface area contributed by atoms with Crippen molar-refractivity contribution in [2.75, 3.05) is 0 Å². The van der Waals surface area contributed by atoms with Gasteiger partial charge in [-0.3, -0.25) is 9.59 Å². The molecule has 2 N–H and O–H groups in total. The molecule has 0 spiro atoms. The molecule has 0 rings (SSSR count). The van der Waals surface area contributed by atoms with Gasteiger partial charge in [0.15, 0.2) is 0 Å². The first-order valence-electron chi connectivity index (χ1n) is 7.62. The average Bonchev–Trinajstić information content (AvgIpc) is 2.35. The van der Waals surface area contributed by atoms with Gasteiger partial charge < -0.3 is 10.2 Å². The molecule has 0 bridgehead atoms. The molecule has 4 nitrogen and oxygen atoms in total. The van der Waals surface area contributed by atoms with Crippen molar-refractivity contribution in [1.82, 2.24) is 0 Å². The molecule has 0 heterocycles. The molecule has 20 heavy (non-hydrogen) atoms. The SMILES string of the molecule is CCCCC(C)(CCCCCC(C)(C)C(=O)O)C(=O)O. The number of rotatable bonds is 11. The van der Waals surface area contributed by atoms with Crippen molar-refractivity contribution in [2.45, 2.75) is 79.1 Å². The van der Waals surface area contributed by atoms with Crippen LogP contribution in [0.5, 0.6) is 0 Å². The van der Waals surface area contributed by atoms with Crippen LogP contribution in [0.4, 0.5) is 0 Å². The lowest BCUT2D eigenvalue weighted by Gasteiger charge is -2.25. The summed E-state index contributed by atoms with van der Waals surface area (Å²) in [6, 6.07) is 0. The zero-order valence-corrected chi connectivity index (χ0v) is 13.4. The third-order valence-corrected chi connectivity index (χ3v) is 4.21. The summed E-state index contributed by atoms with van der Waals surface area (Å²) in [5.41, 5.74) is -1.31. The lowest BCUT2D eigenvalue weighted by Crippen LogP contribution is -2.27. The molecule has 4 heteroatoms. The Morgan fingerprint density at radius 1 is 0.800 bits per heavy atom. The molecule has 0 radical (unpaired) electrons. The average molecular weight is 286 g/mol. The van der Waals surface area contributed by atoms with E-state index in [9.17, 15) is 14.7 Å². The van der Waals surface area contributed by atoms with E-state index in [1.54, 1.807) is 13.8 Å². The first-order valence-corrected chi connectivity index (χ1v) is 7.62. The van der Waals surface area contributed by atoms with Crippen LogP contribution in [0, 0.1) is 10.8 Å². The molecule has 0 saturated carbocycles. The highest BCUT2D eigenvalue weighted by Gasteiger charge is 2.32. The third kappa shape index (κ3) is 6.40. The topological polar surface area (TPSA) is 74.6 Å². The zero-order valence-electron chi connectivity index (χ0n) is 13.4. The maximum absolute atomic E-state index is 11.4. The predicted molar refractivity (Wildman–Crippen MR) is 79.8 cm³/mol. The van der Waals surface area contributed by atoms with Crippen LogP contribution in [0.25, 0.3) is 0 Å². The number of hydrogen-bond donors (Lipinski definition) is 2. The first kappa shape index (κ1) is 18.9. The summed E-state index contributed by atoms with van der Waals surface area (Å²) in [5.74, 6) is -1.48. The van der Waals surface area contributed by atoms with Crippen LogP contribution in [0.1, 0.15) is 79.1 Å². The van der Waals surface area contributed by atoms with Crippen molar-refractivity contribution >= 4 is 11.9 Å². The van der Waals surface area contributed by atoms with E-state index in [4.69, 9.17) is 5.11 Å². The fourth-order valence-electron chi connectivity index (χ4n) is 2.27. The number of carboxylic acids is 2. The molecule has 118 valence electrons. The summed E-state index contributed by atoms with van der Waals surface area (Å²) < 4.78 is 0. The van der Waals surface area contributed by atoms with Crippen molar-refractivity contribution in [3.05, 3.63) is 0 Å². The number of unbranched alkanes of at least 4 members (excludes halogenated alkanes) is 3. The molecule has 0 aromatic rings. The maximum atomic E-state index is 11.4. The van der Waals surface area contributed by atoms with Gasteiger partial charge in [-0.1, -0.05) is 39.0 Å². The van der Waals surface area contributed by atoms with Gasteiger partial charge in [0.25, 0.3) is 0 Å². The second-order valence-corrected chi connectivity index (χ2v) is 6.72. The quantitative estimate of drug-likeness (QED) is 0.554. The molecule has 1 atom stereocenters. The highest BCUT2D eigenvalue weighted by molar-refractivity contribution is 5.74. The highest BCUT2D eigenvalue weighted by Crippen LogP contribution is 2.32. The van der Waals surface area contributed by atoms with Crippen LogP contribution in [0.3, 0.4) is 0 Å². The Kier molecular flexibility index (Phi) is 7.84. The van der Waals surface area contributed by atoms with Crippen molar-refractivity contribution in [2.24, 2.45) is 10.8 Å². The Morgan fingerprint density at radius 2 is 1.30 bits per heavy atom. The second-order valence-electron chi connectivity index (χ2n) is 6.72. The summed E-state index contributed by atoms with van der Waals surface area (Å²) in [4.78, 5) is 22.3. The Bertz CT molecular complexity index is 322. The van der Waals surface area contributed by atoms with Crippen molar-refractivity contribution in [3.63, 3.8) is 0 Å². The second kappa shape index (κ2) is 8.28. The van der Waals surface area contributed by atoms with Crippen molar-refractivity contribution < 1.29 is 19.8 Å². The van der Waals surface area contributed by atoms with Gasteiger partial charge in [0.2, 0.25) is 0 Å². The van der Waals surface area contributed by atoms with Gasteiger partial charge in [-0.05, 0) is 40.0 Å². The normalized spacial score (nSPS) is 14.8. The highest BCUT2D eigenvalue weighted by atomic mass is 16.4. The fraction of sp³-hybridized carbons (Fsp3) is 0.875. The van der Waals surface area contributed by atoms with E-state index in [0.717, 1.165) is 38.5 Å². The van der Waals surface area contributed by atoms with Gasteiger partial charge in [0.05, 0.1) is 10.8 Å². The minimum atomic E-state index is -0.768. The first-order chi connectivity index (χ1) is 9.15. The van der Waals surface area contributed by atoms with E-state index in [1.807, 2.05) is 6.92 Å². The minimum Gasteiger partial charge on any atom is -0.481 e. The van der Waals surface area contributed by atoms with E-state index >= 15 is 0 Å². The summed E-state index contributed by atoms with van der Waals surface area (Å²) in [5, 5.41) is 18.4. The van der Waals surface area contributed by atoms with Gasteiger partial charge in [0.1, 0.15) is 0 Å². The van der Waals surface area contributed by atoms with Crippen LogP contribution in [-0.2, 0) is 9.59 Å². The fourth-order valence-corrected chi connectivity index (χ4v) is 2.27. The largest absolute Gasteiger partial charge is 0.481 e. The van der Waals surface area contributed by atoms with Gasteiger partial charge in [-0.25, -0.2) is 0 Å².